The van der Waals surface area contributed by atoms with Crippen LogP contribution in [0.25, 0.3) is 32.8 Å². The van der Waals surface area contributed by atoms with Crippen LogP contribution in [-0.2, 0) is 14.3 Å². The van der Waals surface area contributed by atoms with Gasteiger partial charge in [-0.15, -0.1) is 0 Å². The van der Waals surface area contributed by atoms with Gasteiger partial charge in [0, 0.05) is 73.5 Å². The van der Waals surface area contributed by atoms with Crippen LogP contribution in [0, 0.1) is 5.82 Å². The maximum Gasteiger partial charge on any atom is 0.222 e. The van der Waals surface area contributed by atoms with Crippen molar-refractivity contribution < 1.29 is 28.5 Å². The fraction of sp³-hybridized carbons (Fsp3) is 0.484. The fourth-order valence-electron chi connectivity index (χ4n) is 6.41. The van der Waals surface area contributed by atoms with Crippen LogP contribution in [0.2, 0.25) is 0 Å². The third kappa shape index (κ3) is 5.26. The Morgan fingerprint density at radius 3 is 2.69 bits per heavy atom. The third-order valence-corrected chi connectivity index (χ3v) is 8.55. The largest absolute Gasteiger partial charge is 0.471 e. The molecule has 0 saturated carbocycles. The maximum atomic E-state index is 14.5. The number of aliphatic hydroxyl groups is 1. The van der Waals surface area contributed by atoms with Gasteiger partial charge in [0.05, 0.1) is 23.6 Å². The van der Waals surface area contributed by atoms with E-state index in [1.54, 1.807) is 6.20 Å². The maximum absolute atomic E-state index is 14.5. The van der Waals surface area contributed by atoms with Crippen molar-refractivity contribution in [2.45, 2.75) is 56.5 Å². The summed E-state index contributed by atoms with van der Waals surface area (Å²) in [4.78, 5) is 22.2. The highest BCUT2D eigenvalue weighted by atomic mass is 19.1. The minimum absolute atomic E-state index is 0.110. The number of aliphatic hydroxyl groups excluding tert-OH is 1. The highest BCUT2D eigenvalue weighted by Gasteiger charge is 2.32. The standard InChI is InChI=1S/C31H34FN5O5/c32-22-9-21(12-33-14-22)29-25-10-20-13-34-37(28-3-1-2-6-41-28)27(20)11-26(25)31(35-30(29)19-4-7-40-8-5-19)42-24-16-36(17-24)15-23(39)18-38/h9-14,18-19,23-24,28,39H,1-8,15-17H2. The number of carbonyl (C=O) groups is 1. The molecule has 3 fully saturated rings. The van der Waals surface area contributed by atoms with Gasteiger partial charge in [-0.1, -0.05) is 0 Å². The Bertz CT molecular complexity index is 1590. The number of benzene rings is 1. The molecule has 220 valence electrons. The SMILES string of the molecule is O=CC(O)CN1CC(Oc2nc(C3CCOCC3)c(-c3cncc(F)c3)c3cc4cnn(C5CCCCO5)c4cc23)C1. The molecule has 0 spiro atoms. The van der Waals surface area contributed by atoms with Crippen molar-refractivity contribution in [1.29, 1.82) is 0 Å². The quantitative estimate of drug-likeness (QED) is 0.312. The van der Waals surface area contributed by atoms with Crippen LogP contribution in [0.4, 0.5) is 4.39 Å². The monoisotopic (exact) mass is 575 g/mol. The van der Waals surface area contributed by atoms with Crippen molar-refractivity contribution in [2.75, 3.05) is 39.5 Å². The highest BCUT2D eigenvalue weighted by Crippen LogP contribution is 2.43. The Morgan fingerprint density at radius 1 is 1.07 bits per heavy atom. The number of hydrogen-bond acceptors (Lipinski definition) is 9. The van der Waals surface area contributed by atoms with Crippen LogP contribution in [0.5, 0.6) is 5.88 Å². The summed E-state index contributed by atoms with van der Waals surface area (Å²) in [6.07, 6.45) is 8.63. The van der Waals surface area contributed by atoms with Crippen LogP contribution < -0.4 is 4.74 Å². The van der Waals surface area contributed by atoms with Gasteiger partial charge in [0.25, 0.3) is 0 Å². The first kappa shape index (κ1) is 27.3. The molecule has 0 aliphatic carbocycles. The second-order valence-corrected chi connectivity index (χ2v) is 11.5. The molecule has 3 saturated heterocycles. The van der Waals surface area contributed by atoms with Gasteiger partial charge in [-0.25, -0.2) is 14.1 Å². The van der Waals surface area contributed by atoms with Gasteiger partial charge in [-0.2, -0.15) is 5.10 Å². The first-order valence-corrected chi connectivity index (χ1v) is 14.7. The molecule has 4 aromatic rings. The number of halogens is 1. The number of aldehydes is 1. The first-order valence-electron chi connectivity index (χ1n) is 14.7. The Balaban J connectivity index is 1.38. The topological polar surface area (TPSA) is 112 Å². The number of fused-ring (bicyclic) bond motifs is 2. The number of β-amino-alcohol motifs (C(OH)–C–C–N with tert-alkyl or cyclic N) is 1. The van der Waals surface area contributed by atoms with E-state index in [0.717, 1.165) is 65.0 Å². The molecule has 3 aliphatic rings. The predicted octanol–water partition coefficient (Wildman–Crippen LogP) is 4.00. The van der Waals surface area contributed by atoms with Gasteiger partial charge in [0.15, 0.2) is 6.23 Å². The van der Waals surface area contributed by atoms with Crippen LogP contribution >= 0.6 is 0 Å². The zero-order valence-electron chi connectivity index (χ0n) is 23.3. The van der Waals surface area contributed by atoms with Crippen LogP contribution in [0.3, 0.4) is 0 Å². The van der Waals surface area contributed by atoms with E-state index in [2.05, 4.69) is 17.1 Å². The summed E-state index contributed by atoms with van der Waals surface area (Å²) < 4.78 is 34.8. The third-order valence-electron chi connectivity index (χ3n) is 8.55. The summed E-state index contributed by atoms with van der Waals surface area (Å²) in [5.41, 5.74) is 3.29. The number of ether oxygens (including phenoxy) is 3. The molecule has 6 heterocycles. The van der Waals surface area contributed by atoms with Crippen LogP contribution in [0.15, 0.2) is 36.8 Å². The Labute approximate surface area is 242 Å². The van der Waals surface area contributed by atoms with Gasteiger partial charge in [0.2, 0.25) is 5.88 Å². The lowest BCUT2D eigenvalue weighted by molar-refractivity contribution is -0.117. The zero-order valence-corrected chi connectivity index (χ0v) is 23.3. The molecule has 10 nitrogen and oxygen atoms in total. The van der Waals surface area contributed by atoms with E-state index in [0.29, 0.717) is 50.6 Å². The lowest BCUT2D eigenvalue weighted by Gasteiger charge is -2.39. The number of carbonyl (C=O) groups excluding carboxylic acids is 1. The fourth-order valence-corrected chi connectivity index (χ4v) is 6.41. The summed E-state index contributed by atoms with van der Waals surface area (Å²) in [6, 6.07) is 5.68. The molecule has 7 rings (SSSR count). The number of likely N-dealkylation sites (tertiary alicyclic amines) is 1. The van der Waals surface area contributed by atoms with E-state index in [1.165, 1.54) is 12.3 Å². The van der Waals surface area contributed by atoms with Crippen molar-refractivity contribution in [3.63, 3.8) is 0 Å². The number of aromatic nitrogens is 4. The molecule has 2 atom stereocenters. The first-order chi connectivity index (χ1) is 20.6. The summed E-state index contributed by atoms with van der Waals surface area (Å²) in [5.74, 6) is 0.215. The van der Waals surface area contributed by atoms with Crippen LogP contribution in [0.1, 0.15) is 49.9 Å². The van der Waals surface area contributed by atoms with E-state index < -0.39 is 11.9 Å². The van der Waals surface area contributed by atoms with E-state index in [1.807, 2.05) is 15.8 Å². The average molecular weight is 576 g/mol. The van der Waals surface area contributed by atoms with Crippen molar-refractivity contribution in [2.24, 2.45) is 0 Å². The Kier molecular flexibility index (Phi) is 7.57. The highest BCUT2D eigenvalue weighted by molar-refractivity contribution is 6.06. The molecular weight excluding hydrogens is 541 g/mol. The minimum atomic E-state index is -1.01. The van der Waals surface area contributed by atoms with E-state index in [9.17, 15) is 14.3 Å². The number of pyridine rings is 2. The van der Waals surface area contributed by atoms with E-state index in [4.69, 9.17) is 24.3 Å². The van der Waals surface area contributed by atoms with Crippen LogP contribution in [-0.4, -0.2) is 87.7 Å². The molecule has 3 aromatic heterocycles. The molecule has 0 bridgehead atoms. The molecule has 0 amide bonds. The predicted molar refractivity (Wildman–Crippen MR) is 153 cm³/mol. The summed E-state index contributed by atoms with van der Waals surface area (Å²) in [5, 5.41) is 17.1. The zero-order chi connectivity index (χ0) is 28.6. The molecule has 42 heavy (non-hydrogen) atoms. The Morgan fingerprint density at radius 2 is 1.93 bits per heavy atom. The summed E-state index contributed by atoms with van der Waals surface area (Å²) in [7, 11) is 0. The van der Waals surface area contributed by atoms with Crippen molar-refractivity contribution in [3.8, 4) is 17.0 Å². The molecule has 1 N–H and O–H groups in total. The lowest BCUT2D eigenvalue weighted by Crippen LogP contribution is -2.56. The second-order valence-electron chi connectivity index (χ2n) is 11.5. The van der Waals surface area contributed by atoms with Gasteiger partial charge in [-0.3, -0.25) is 9.88 Å². The normalized spacial score (nSPS) is 21.4. The van der Waals surface area contributed by atoms with E-state index in [-0.39, 0.29) is 24.8 Å². The minimum Gasteiger partial charge on any atom is -0.471 e. The van der Waals surface area contributed by atoms with Crippen molar-refractivity contribution in [1.82, 2.24) is 24.6 Å². The molecule has 3 aliphatic heterocycles. The molecule has 1 aromatic carbocycles. The second kappa shape index (κ2) is 11.6. The number of hydrogen-bond donors (Lipinski definition) is 1. The summed E-state index contributed by atoms with van der Waals surface area (Å²) in [6.45, 7) is 3.39. The van der Waals surface area contributed by atoms with Gasteiger partial charge < -0.3 is 24.1 Å². The van der Waals surface area contributed by atoms with E-state index >= 15 is 0 Å². The smallest absolute Gasteiger partial charge is 0.222 e. The number of rotatable bonds is 8. The lowest BCUT2D eigenvalue weighted by atomic mass is 9.87. The van der Waals surface area contributed by atoms with Gasteiger partial charge in [-0.05, 0) is 55.7 Å². The van der Waals surface area contributed by atoms with Crippen molar-refractivity contribution >= 4 is 28.0 Å². The van der Waals surface area contributed by atoms with Crippen molar-refractivity contribution in [3.05, 3.63) is 48.3 Å². The van der Waals surface area contributed by atoms with Gasteiger partial charge >= 0.3 is 0 Å². The molecule has 0 radical (unpaired) electrons. The molecule has 11 heteroatoms. The summed E-state index contributed by atoms with van der Waals surface area (Å²) >= 11 is 0. The average Bonchev–Trinajstić information content (AvgIpc) is 3.42. The van der Waals surface area contributed by atoms with Gasteiger partial charge in [0.1, 0.15) is 24.3 Å². The molecule has 2 unspecified atom stereocenters. The molecular formula is C31H34FN5O5. The number of nitrogens with zero attached hydrogens (tertiary/aromatic N) is 5. The Hall–Kier alpha value is -3.51.